The van der Waals surface area contributed by atoms with Crippen molar-refractivity contribution in [3.63, 3.8) is 0 Å². The van der Waals surface area contributed by atoms with Crippen LogP contribution in [0.3, 0.4) is 0 Å². The van der Waals surface area contributed by atoms with Gasteiger partial charge < -0.3 is 14.3 Å². The van der Waals surface area contributed by atoms with Gasteiger partial charge in [0.15, 0.2) is 5.58 Å². The number of aliphatic hydroxyl groups excluding tert-OH is 1. The Kier molecular flexibility index (Phi) is 6.95. The van der Waals surface area contributed by atoms with Gasteiger partial charge >= 0.3 is 6.36 Å². The Morgan fingerprint density at radius 3 is 2.44 bits per heavy atom. The van der Waals surface area contributed by atoms with Gasteiger partial charge in [-0.25, -0.2) is 0 Å². The minimum absolute atomic E-state index is 0.271. The van der Waals surface area contributed by atoms with Crippen LogP contribution in [0.4, 0.5) is 13.2 Å². The number of ether oxygens (including phenoxy) is 1. The molecule has 4 aromatic rings. The zero-order valence-electron chi connectivity index (χ0n) is 16.6. The maximum absolute atomic E-state index is 12.2. The van der Waals surface area contributed by atoms with Crippen LogP contribution < -0.4 is 9.46 Å². The molecule has 0 aliphatic rings. The predicted octanol–water partition coefficient (Wildman–Crippen LogP) is 6.13. The number of nitrogens with one attached hydrogen (secondary N) is 1. The summed E-state index contributed by atoms with van der Waals surface area (Å²) in [6, 6.07) is 20.9. The highest BCUT2D eigenvalue weighted by Gasteiger charge is 2.30. The average Bonchev–Trinajstić information content (AvgIpc) is 2.90. The second-order valence-electron chi connectivity index (χ2n) is 6.79. The van der Waals surface area contributed by atoms with E-state index in [9.17, 15) is 18.3 Å². The zero-order valence-corrected chi connectivity index (χ0v) is 18.2. The van der Waals surface area contributed by atoms with Crippen LogP contribution in [0.5, 0.6) is 5.75 Å². The molecule has 1 unspecified atom stereocenters. The summed E-state index contributed by atoms with van der Waals surface area (Å²) < 4.78 is 52.6. The van der Waals surface area contributed by atoms with Crippen LogP contribution >= 0.6 is 23.5 Å². The highest BCUT2D eigenvalue weighted by molar-refractivity contribution is 7.97. The van der Waals surface area contributed by atoms with Gasteiger partial charge in [-0.3, -0.25) is 8.68 Å². The zero-order chi connectivity index (χ0) is 22.6. The molecule has 4 rings (SSSR count). The second-order valence-corrected chi connectivity index (χ2v) is 8.82. The van der Waals surface area contributed by atoms with E-state index in [0.29, 0.717) is 17.0 Å². The summed E-state index contributed by atoms with van der Waals surface area (Å²) in [5.41, 5.74) is 2.33. The number of aliphatic hydroxyl groups is 1. The van der Waals surface area contributed by atoms with E-state index in [0.717, 1.165) is 15.8 Å². The van der Waals surface area contributed by atoms with Gasteiger partial charge in [0.05, 0.1) is 22.9 Å². The Morgan fingerprint density at radius 2 is 1.69 bits per heavy atom. The summed E-state index contributed by atoms with van der Waals surface area (Å²) in [5.74, 6) is -0.277. The van der Waals surface area contributed by atoms with Crippen molar-refractivity contribution in [1.82, 2.24) is 8.68 Å². The monoisotopic (exact) mass is 480 g/mol. The predicted molar refractivity (Wildman–Crippen MR) is 120 cm³/mol. The maximum atomic E-state index is 12.2. The molecule has 3 aromatic carbocycles. The Labute approximate surface area is 190 Å². The van der Waals surface area contributed by atoms with E-state index in [2.05, 4.69) is 9.46 Å². The molecule has 1 heterocycles. The van der Waals surface area contributed by atoms with Crippen molar-refractivity contribution in [3.05, 3.63) is 72.8 Å². The first-order valence-electron chi connectivity index (χ1n) is 9.62. The van der Waals surface area contributed by atoms with Crippen LogP contribution in [0, 0.1) is 0 Å². The Balaban J connectivity index is 1.42. The lowest BCUT2D eigenvalue weighted by Crippen LogP contribution is -2.26. The van der Waals surface area contributed by atoms with Crippen LogP contribution in [0.2, 0.25) is 0 Å². The maximum Gasteiger partial charge on any atom is 0.573 e. The van der Waals surface area contributed by atoms with Gasteiger partial charge in [-0.15, -0.1) is 13.2 Å². The molecule has 0 bridgehead atoms. The van der Waals surface area contributed by atoms with Crippen molar-refractivity contribution in [2.45, 2.75) is 23.9 Å². The van der Waals surface area contributed by atoms with E-state index in [1.807, 2.05) is 52.5 Å². The van der Waals surface area contributed by atoms with Gasteiger partial charge in [-0.05, 0) is 60.5 Å². The Morgan fingerprint density at radius 1 is 1.00 bits per heavy atom. The standard InChI is InChI=1S/C22H19F3N2O3S2/c23-22(24,25)30-16-9-11-17(12-10-16)31-26-13-15(28)14-27-18-5-1-2-6-19(18)29-20-7-3-4-8-21(20)32-27/h1-12,15,26,28H,13-14H2. The summed E-state index contributed by atoms with van der Waals surface area (Å²) in [7, 11) is 0. The number of benzene rings is 3. The van der Waals surface area contributed by atoms with Gasteiger partial charge in [0.25, 0.3) is 0 Å². The molecule has 0 saturated carbocycles. The highest BCUT2D eigenvalue weighted by atomic mass is 32.2. The fourth-order valence-corrected chi connectivity index (χ4v) is 4.75. The molecule has 32 heavy (non-hydrogen) atoms. The van der Waals surface area contributed by atoms with Gasteiger partial charge in [0.1, 0.15) is 11.3 Å². The third kappa shape index (κ3) is 5.98. The van der Waals surface area contributed by atoms with Gasteiger partial charge in [0, 0.05) is 11.4 Å². The highest BCUT2D eigenvalue weighted by Crippen LogP contribution is 2.26. The molecular weight excluding hydrogens is 461 g/mol. The van der Waals surface area contributed by atoms with Crippen molar-refractivity contribution in [3.8, 4) is 5.75 Å². The number of rotatable bonds is 7. The molecule has 2 N–H and O–H groups in total. The summed E-state index contributed by atoms with van der Waals surface area (Å²) in [5, 5.41) is 10.6. The number of fused-ring (bicyclic) bond motifs is 2. The van der Waals surface area contributed by atoms with Crippen molar-refractivity contribution >= 4 is 44.9 Å². The first-order chi connectivity index (χ1) is 15.4. The van der Waals surface area contributed by atoms with Crippen LogP contribution in [-0.4, -0.2) is 28.1 Å². The minimum Gasteiger partial charge on any atom is -0.454 e. The molecule has 168 valence electrons. The molecular formula is C22H19F3N2O3S2. The second kappa shape index (κ2) is 9.86. The van der Waals surface area contributed by atoms with Crippen molar-refractivity contribution in [2.24, 2.45) is 0 Å². The normalized spacial score (nSPS) is 12.8. The number of hydrogen-bond donors (Lipinski definition) is 2. The van der Waals surface area contributed by atoms with E-state index in [4.69, 9.17) is 4.42 Å². The molecule has 5 nitrogen and oxygen atoms in total. The number of para-hydroxylation sites is 3. The molecule has 0 amide bonds. The third-order valence-electron chi connectivity index (χ3n) is 4.35. The molecule has 0 radical (unpaired) electrons. The number of halogens is 3. The number of alkyl halides is 3. The lowest BCUT2D eigenvalue weighted by atomic mass is 10.3. The summed E-state index contributed by atoms with van der Waals surface area (Å²) in [6.07, 6.45) is -5.42. The molecule has 0 aliphatic carbocycles. The summed E-state index contributed by atoms with van der Waals surface area (Å²) in [4.78, 5) is 0.698. The first-order valence-corrected chi connectivity index (χ1v) is 11.2. The molecule has 0 aliphatic heterocycles. The number of aromatic nitrogens is 1. The fourth-order valence-electron chi connectivity index (χ4n) is 2.97. The van der Waals surface area contributed by atoms with Crippen molar-refractivity contribution in [2.75, 3.05) is 6.54 Å². The molecule has 1 atom stereocenters. The van der Waals surface area contributed by atoms with Crippen molar-refractivity contribution in [1.29, 1.82) is 0 Å². The molecule has 1 aromatic heterocycles. The van der Waals surface area contributed by atoms with Crippen LogP contribution in [0.15, 0.2) is 82.1 Å². The third-order valence-corrected chi connectivity index (χ3v) is 6.27. The van der Waals surface area contributed by atoms with E-state index in [1.165, 1.54) is 47.7 Å². The largest absolute Gasteiger partial charge is 0.573 e. The summed E-state index contributed by atoms with van der Waals surface area (Å²) >= 11 is 2.71. The van der Waals surface area contributed by atoms with E-state index in [-0.39, 0.29) is 12.3 Å². The quantitative estimate of drug-likeness (QED) is 0.312. The fraction of sp³-hybridized carbons (Fsp3) is 0.182. The number of nitrogens with zero attached hydrogens (tertiary/aromatic N) is 1. The molecule has 0 spiro atoms. The lowest BCUT2D eigenvalue weighted by molar-refractivity contribution is -0.274. The smallest absolute Gasteiger partial charge is 0.454 e. The molecule has 0 fully saturated rings. The summed E-state index contributed by atoms with van der Waals surface area (Å²) in [6.45, 7) is 0.610. The average molecular weight is 481 g/mol. The Bertz CT molecular complexity index is 1230. The SMILES string of the molecule is OC(CNSc1ccc(OC(F)(F)F)cc1)Cn1sc2ccccc2oc2ccccc21. The van der Waals surface area contributed by atoms with Crippen LogP contribution in [0.1, 0.15) is 0 Å². The topological polar surface area (TPSA) is 59.6 Å². The lowest BCUT2D eigenvalue weighted by Gasteiger charge is -2.14. The molecule has 10 heteroatoms. The minimum atomic E-state index is -4.72. The van der Waals surface area contributed by atoms with Gasteiger partial charge in [0.2, 0.25) is 0 Å². The van der Waals surface area contributed by atoms with Crippen molar-refractivity contribution < 1.29 is 27.4 Å². The first kappa shape index (κ1) is 22.5. The van der Waals surface area contributed by atoms with Crippen LogP contribution in [-0.2, 0) is 6.54 Å². The van der Waals surface area contributed by atoms with E-state index >= 15 is 0 Å². The van der Waals surface area contributed by atoms with Gasteiger partial charge in [-0.2, -0.15) is 0 Å². The molecule has 0 saturated heterocycles. The van der Waals surface area contributed by atoms with E-state index in [1.54, 1.807) is 0 Å². The van der Waals surface area contributed by atoms with E-state index < -0.39 is 12.5 Å². The van der Waals surface area contributed by atoms with Gasteiger partial charge in [-0.1, -0.05) is 35.8 Å². The number of hydrogen-bond acceptors (Lipinski definition) is 6. The Hall–Kier alpha value is -2.66. The van der Waals surface area contributed by atoms with Crippen LogP contribution in [0.25, 0.3) is 21.4 Å².